The molecule has 1 aliphatic rings. The summed E-state index contributed by atoms with van der Waals surface area (Å²) in [7, 11) is 0. The van der Waals surface area contributed by atoms with Crippen LogP contribution in [0.1, 0.15) is 12.0 Å². The maximum atomic E-state index is 13.4. The van der Waals surface area contributed by atoms with E-state index in [2.05, 4.69) is 44.4 Å². The first kappa shape index (κ1) is 22.1. The second kappa shape index (κ2) is 10.5. The molecular formula is C24H28FN5O2. The van der Waals surface area contributed by atoms with E-state index in [9.17, 15) is 14.0 Å². The van der Waals surface area contributed by atoms with Crippen molar-refractivity contribution in [1.29, 1.82) is 0 Å². The Hall–Kier alpha value is -3.10. The highest BCUT2D eigenvalue weighted by atomic mass is 19.1. The van der Waals surface area contributed by atoms with E-state index >= 15 is 0 Å². The maximum Gasteiger partial charge on any atom is 0.261 e. The van der Waals surface area contributed by atoms with Crippen LogP contribution in [0.2, 0.25) is 0 Å². The molecule has 0 unspecified atom stereocenters. The summed E-state index contributed by atoms with van der Waals surface area (Å²) >= 11 is 0. The number of hydrogen-bond donors (Lipinski definition) is 1. The molecule has 168 valence electrons. The van der Waals surface area contributed by atoms with Gasteiger partial charge in [-0.3, -0.25) is 19.1 Å². The summed E-state index contributed by atoms with van der Waals surface area (Å²) < 4.78 is 14.6. The molecule has 0 spiro atoms. The third-order valence-corrected chi connectivity index (χ3v) is 5.79. The second-order valence-corrected chi connectivity index (χ2v) is 8.15. The number of nitrogens with zero attached hydrogens (tertiary/aromatic N) is 4. The molecule has 1 N–H and O–H groups in total. The van der Waals surface area contributed by atoms with Crippen molar-refractivity contribution in [2.45, 2.75) is 19.5 Å². The average Bonchev–Trinajstić information content (AvgIpc) is 2.81. The van der Waals surface area contributed by atoms with Crippen LogP contribution in [-0.2, 0) is 17.9 Å². The van der Waals surface area contributed by atoms with E-state index in [0.717, 1.165) is 51.8 Å². The van der Waals surface area contributed by atoms with Crippen LogP contribution < -0.4 is 10.9 Å². The Morgan fingerprint density at radius 3 is 2.56 bits per heavy atom. The van der Waals surface area contributed by atoms with Gasteiger partial charge in [0.1, 0.15) is 12.4 Å². The molecule has 1 amide bonds. The lowest BCUT2D eigenvalue weighted by Crippen LogP contribution is -2.46. The van der Waals surface area contributed by atoms with Crippen molar-refractivity contribution < 1.29 is 9.18 Å². The van der Waals surface area contributed by atoms with Crippen molar-refractivity contribution >= 4 is 16.8 Å². The van der Waals surface area contributed by atoms with Crippen molar-refractivity contribution in [1.82, 2.24) is 24.7 Å². The monoisotopic (exact) mass is 437 g/mol. The van der Waals surface area contributed by atoms with E-state index < -0.39 is 11.4 Å². The van der Waals surface area contributed by atoms with Crippen LogP contribution >= 0.6 is 0 Å². The Labute approximate surface area is 186 Å². The first-order valence-electron chi connectivity index (χ1n) is 11.0. The number of hydrogen-bond acceptors (Lipinski definition) is 5. The molecule has 4 rings (SSSR count). The molecule has 7 nitrogen and oxygen atoms in total. The van der Waals surface area contributed by atoms with Gasteiger partial charge in [-0.05, 0) is 36.7 Å². The Morgan fingerprint density at radius 1 is 1.03 bits per heavy atom. The fourth-order valence-corrected chi connectivity index (χ4v) is 4.00. The predicted octanol–water partition coefficient (Wildman–Crippen LogP) is 1.86. The molecule has 3 aromatic rings. The number of rotatable bonds is 8. The first-order chi connectivity index (χ1) is 15.6. The summed E-state index contributed by atoms with van der Waals surface area (Å²) in [6, 6.07) is 14.4. The van der Waals surface area contributed by atoms with E-state index in [0.29, 0.717) is 12.1 Å². The summed E-state index contributed by atoms with van der Waals surface area (Å²) in [4.78, 5) is 33.7. The summed E-state index contributed by atoms with van der Waals surface area (Å²) in [5.74, 6) is -0.753. The SMILES string of the molecule is O=C(Cn1cnc2ccc(F)cc2c1=O)NCCCN1CCN(Cc2ccccc2)CC1. The maximum absolute atomic E-state index is 13.4. The van der Waals surface area contributed by atoms with Crippen LogP contribution in [0.4, 0.5) is 4.39 Å². The smallest absolute Gasteiger partial charge is 0.261 e. The summed E-state index contributed by atoms with van der Waals surface area (Å²) in [5, 5.41) is 3.03. The topological polar surface area (TPSA) is 70.5 Å². The normalized spacial score (nSPS) is 15.2. The zero-order valence-corrected chi connectivity index (χ0v) is 18.0. The number of piperazine rings is 1. The Kier molecular flexibility index (Phi) is 7.24. The minimum atomic E-state index is -0.500. The lowest BCUT2D eigenvalue weighted by atomic mass is 10.2. The number of halogens is 1. The number of amides is 1. The quantitative estimate of drug-likeness (QED) is 0.545. The fraction of sp³-hybridized carbons (Fsp3) is 0.375. The van der Waals surface area contributed by atoms with Gasteiger partial charge in [-0.15, -0.1) is 0 Å². The second-order valence-electron chi connectivity index (χ2n) is 8.15. The summed E-state index contributed by atoms with van der Waals surface area (Å²) in [5.41, 5.74) is 1.34. The Balaban J connectivity index is 1.17. The van der Waals surface area contributed by atoms with Gasteiger partial charge in [-0.1, -0.05) is 30.3 Å². The van der Waals surface area contributed by atoms with Crippen LogP contribution in [-0.4, -0.2) is 64.5 Å². The van der Waals surface area contributed by atoms with E-state index in [1.165, 1.54) is 28.6 Å². The third kappa shape index (κ3) is 5.77. The Bertz CT molecular complexity index is 1110. The van der Waals surface area contributed by atoms with Crippen LogP contribution in [0.15, 0.2) is 59.7 Å². The van der Waals surface area contributed by atoms with Gasteiger partial charge in [0.15, 0.2) is 0 Å². The number of fused-ring (bicyclic) bond motifs is 1. The molecule has 0 saturated carbocycles. The predicted molar refractivity (Wildman–Crippen MR) is 122 cm³/mol. The molecule has 0 radical (unpaired) electrons. The molecule has 0 aliphatic carbocycles. The van der Waals surface area contributed by atoms with Gasteiger partial charge in [0, 0.05) is 39.3 Å². The summed E-state index contributed by atoms with van der Waals surface area (Å²) in [6.45, 7) is 6.46. The number of nitrogens with one attached hydrogen (secondary N) is 1. The van der Waals surface area contributed by atoms with Gasteiger partial charge < -0.3 is 10.2 Å². The lowest BCUT2D eigenvalue weighted by Gasteiger charge is -2.34. The lowest BCUT2D eigenvalue weighted by molar-refractivity contribution is -0.121. The van der Waals surface area contributed by atoms with Crippen molar-refractivity contribution in [3.63, 3.8) is 0 Å². The third-order valence-electron chi connectivity index (χ3n) is 5.79. The molecular weight excluding hydrogens is 409 g/mol. The molecule has 2 aromatic carbocycles. The van der Waals surface area contributed by atoms with Crippen LogP contribution in [0.5, 0.6) is 0 Å². The average molecular weight is 438 g/mol. The molecule has 0 atom stereocenters. The van der Waals surface area contributed by atoms with Gasteiger partial charge in [-0.2, -0.15) is 0 Å². The molecule has 8 heteroatoms. The first-order valence-corrected chi connectivity index (χ1v) is 11.0. The highest BCUT2D eigenvalue weighted by Gasteiger charge is 2.16. The minimum Gasteiger partial charge on any atom is -0.354 e. The van der Waals surface area contributed by atoms with E-state index in [1.807, 2.05) is 6.07 Å². The van der Waals surface area contributed by atoms with E-state index in [-0.39, 0.29) is 17.8 Å². The molecule has 0 bridgehead atoms. The van der Waals surface area contributed by atoms with Gasteiger partial charge in [0.05, 0.1) is 17.2 Å². The molecule has 1 aromatic heterocycles. The van der Waals surface area contributed by atoms with E-state index in [1.54, 1.807) is 0 Å². The number of aromatic nitrogens is 2. The number of benzene rings is 2. The van der Waals surface area contributed by atoms with Crippen molar-refractivity contribution in [3.8, 4) is 0 Å². The van der Waals surface area contributed by atoms with Gasteiger partial charge in [-0.25, -0.2) is 9.37 Å². The van der Waals surface area contributed by atoms with Crippen molar-refractivity contribution in [2.24, 2.45) is 0 Å². The molecule has 1 aliphatic heterocycles. The number of carbonyl (C=O) groups is 1. The highest BCUT2D eigenvalue weighted by molar-refractivity contribution is 5.78. The molecule has 2 heterocycles. The van der Waals surface area contributed by atoms with E-state index in [4.69, 9.17) is 0 Å². The standard InChI is InChI=1S/C24H28FN5O2/c25-20-7-8-22-21(15-20)24(32)30(18-27-22)17-23(31)26-9-4-10-28-11-13-29(14-12-28)16-19-5-2-1-3-6-19/h1-3,5-8,15,18H,4,9-14,16-17H2,(H,26,31). The highest BCUT2D eigenvalue weighted by Crippen LogP contribution is 2.09. The number of carbonyl (C=O) groups excluding carboxylic acids is 1. The van der Waals surface area contributed by atoms with Gasteiger partial charge >= 0.3 is 0 Å². The zero-order chi connectivity index (χ0) is 22.3. The molecule has 1 saturated heterocycles. The van der Waals surface area contributed by atoms with Crippen LogP contribution in [0.25, 0.3) is 10.9 Å². The van der Waals surface area contributed by atoms with Gasteiger partial charge in [0.25, 0.3) is 5.56 Å². The Morgan fingerprint density at radius 2 is 1.78 bits per heavy atom. The van der Waals surface area contributed by atoms with Crippen LogP contribution in [0, 0.1) is 5.82 Å². The summed E-state index contributed by atoms with van der Waals surface area (Å²) in [6.07, 6.45) is 2.18. The van der Waals surface area contributed by atoms with Crippen LogP contribution in [0.3, 0.4) is 0 Å². The minimum absolute atomic E-state index is 0.129. The molecule has 1 fully saturated rings. The molecule has 32 heavy (non-hydrogen) atoms. The zero-order valence-electron chi connectivity index (χ0n) is 18.0. The van der Waals surface area contributed by atoms with Crippen molar-refractivity contribution in [3.05, 3.63) is 76.6 Å². The largest absolute Gasteiger partial charge is 0.354 e. The van der Waals surface area contributed by atoms with Gasteiger partial charge in [0.2, 0.25) is 5.91 Å². The van der Waals surface area contributed by atoms with Crippen molar-refractivity contribution in [2.75, 3.05) is 39.3 Å². The fourth-order valence-electron chi connectivity index (χ4n) is 4.00.